The van der Waals surface area contributed by atoms with Crippen LogP contribution in [0, 0.1) is 6.92 Å². The van der Waals surface area contributed by atoms with E-state index in [1.165, 1.54) is 11.1 Å². The fraction of sp³-hybridized carbons (Fsp3) is 0.364. The Morgan fingerprint density at radius 3 is 2.79 bits per heavy atom. The van der Waals surface area contributed by atoms with Crippen molar-refractivity contribution in [2.24, 2.45) is 0 Å². The molecule has 0 unspecified atom stereocenters. The van der Waals surface area contributed by atoms with Gasteiger partial charge in [-0.25, -0.2) is 0 Å². The molecule has 0 saturated heterocycles. The van der Waals surface area contributed by atoms with E-state index in [0.717, 1.165) is 19.3 Å². The van der Waals surface area contributed by atoms with Crippen LogP contribution in [0.3, 0.4) is 0 Å². The second kappa shape index (κ2) is 9.81. The fourth-order valence-corrected chi connectivity index (χ4v) is 1.02. The van der Waals surface area contributed by atoms with E-state index in [1.54, 1.807) is 12.5 Å². The molecule has 0 saturated carbocycles. The monoisotopic (exact) mass is 266 g/mol. The molecule has 0 aliphatic carbocycles. The van der Waals surface area contributed by atoms with Crippen LogP contribution in [0.2, 0.25) is 0 Å². The molecule has 1 aromatic rings. The van der Waals surface area contributed by atoms with E-state index < -0.39 is 0 Å². The van der Waals surface area contributed by atoms with E-state index in [4.69, 9.17) is 4.42 Å². The first-order valence-corrected chi connectivity index (χ1v) is 4.29. The number of halogens is 1. The third-order valence-electron chi connectivity index (χ3n) is 1.90. The maximum atomic E-state index is 4.97. The Balaban J connectivity index is 0. The minimum Gasteiger partial charge on any atom is -1.00 e. The van der Waals surface area contributed by atoms with Gasteiger partial charge in [0.15, 0.2) is 0 Å². The van der Waals surface area contributed by atoms with Gasteiger partial charge < -0.3 is 28.3 Å². The number of allylic oxidation sites excluding steroid dienone is 2. The van der Waals surface area contributed by atoms with Crippen LogP contribution in [0.4, 0.5) is 0 Å². The molecule has 74 valence electrons. The normalized spacial score (nSPS) is 10.3. The summed E-state index contributed by atoms with van der Waals surface area (Å²) in [6.45, 7) is 5.93. The van der Waals surface area contributed by atoms with Gasteiger partial charge in [-0.05, 0) is 31.4 Å². The fourth-order valence-electron chi connectivity index (χ4n) is 1.02. The number of hydrogen-bond donors (Lipinski definition) is 0. The molecule has 1 heterocycles. The van der Waals surface area contributed by atoms with Gasteiger partial charge in [-0.1, -0.05) is 6.08 Å². The third kappa shape index (κ3) is 6.68. The first-order valence-electron chi connectivity index (χ1n) is 4.29. The Hall–Kier alpha value is 0.266. The maximum absolute atomic E-state index is 4.97. The number of hydrogen-bond acceptors (Lipinski definition) is 1. The zero-order valence-corrected chi connectivity index (χ0v) is 11.6. The van der Waals surface area contributed by atoms with E-state index in [-0.39, 0.29) is 40.0 Å². The molecule has 0 bridgehead atoms. The van der Waals surface area contributed by atoms with Crippen LogP contribution < -0.4 is 17.0 Å². The molecule has 0 N–H and O–H groups in total. The maximum Gasteiger partial charge on any atom is 2.00 e. The Labute approximate surface area is 113 Å². The molecule has 0 radical (unpaired) electrons. The second-order valence-electron chi connectivity index (χ2n) is 2.97. The molecule has 0 spiro atoms. The standard InChI is InChI=1S/C11H15O.BrH.Mg/c1-3-10(2)5-4-6-11-7-8-12-9-11;;/h5,7-9H,1,3-4,6H2,2H3;1H;/q-1;;+2/p-1/b10-5+;;. The molecule has 1 aromatic heterocycles. The summed E-state index contributed by atoms with van der Waals surface area (Å²) in [5.74, 6) is 0. The van der Waals surface area contributed by atoms with Gasteiger partial charge in [-0.15, -0.1) is 5.57 Å². The summed E-state index contributed by atoms with van der Waals surface area (Å²) in [5.41, 5.74) is 2.63. The van der Waals surface area contributed by atoms with Crippen molar-refractivity contribution in [1.82, 2.24) is 0 Å². The predicted octanol–water partition coefficient (Wildman–Crippen LogP) is 0.00589. The number of aryl methyl sites for hydroxylation is 1. The van der Waals surface area contributed by atoms with Crippen molar-refractivity contribution in [3.8, 4) is 0 Å². The van der Waals surface area contributed by atoms with E-state index in [9.17, 15) is 0 Å². The zero-order chi connectivity index (χ0) is 8.81. The van der Waals surface area contributed by atoms with Crippen molar-refractivity contribution in [3.63, 3.8) is 0 Å². The zero-order valence-electron chi connectivity index (χ0n) is 8.63. The average molecular weight is 267 g/mol. The molecule has 0 aliphatic heterocycles. The minimum absolute atomic E-state index is 0. The molecule has 0 aliphatic rings. The van der Waals surface area contributed by atoms with Crippen LogP contribution in [0.1, 0.15) is 25.3 Å². The van der Waals surface area contributed by atoms with E-state index in [1.807, 2.05) is 6.07 Å². The molecular weight excluding hydrogens is 252 g/mol. The van der Waals surface area contributed by atoms with Crippen molar-refractivity contribution < 1.29 is 21.4 Å². The Bertz CT molecular complexity index is 242. The van der Waals surface area contributed by atoms with Crippen LogP contribution in [0.25, 0.3) is 0 Å². The van der Waals surface area contributed by atoms with Crippen LogP contribution in [-0.2, 0) is 6.42 Å². The Kier molecular flexibility index (Phi) is 11.7. The van der Waals surface area contributed by atoms with Gasteiger partial charge in [0.05, 0.1) is 12.5 Å². The molecule has 1 rings (SSSR count). The van der Waals surface area contributed by atoms with Gasteiger partial charge in [0, 0.05) is 0 Å². The molecule has 3 heteroatoms. The molecule has 14 heavy (non-hydrogen) atoms. The van der Waals surface area contributed by atoms with Gasteiger partial charge >= 0.3 is 23.1 Å². The first kappa shape index (κ1) is 16.7. The summed E-state index contributed by atoms with van der Waals surface area (Å²) in [7, 11) is 0. The smallest absolute Gasteiger partial charge is 1.00 e. The van der Waals surface area contributed by atoms with Crippen LogP contribution in [0.15, 0.2) is 34.7 Å². The average Bonchev–Trinajstić information content (AvgIpc) is 2.57. The Morgan fingerprint density at radius 2 is 2.29 bits per heavy atom. The van der Waals surface area contributed by atoms with Crippen molar-refractivity contribution in [2.45, 2.75) is 26.2 Å². The second-order valence-corrected chi connectivity index (χ2v) is 2.97. The SMILES string of the molecule is [Br-].[CH2-]C/C(C)=C/CCc1ccoc1.[Mg+2]. The predicted molar refractivity (Wildman–Crippen MR) is 56.5 cm³/mol. The number of furan rings is 1. The van der Waals surface area contributed by atoms with E-state index >= 15 is 0 Å². The van der Waals surface area contributed by atoms with Crippen LogP contribution in [-0.4, -0.2) is 23.1 Å². The summed E-state index contributed by atoms with van der Waals surface area (Å²) in [4.78, 5) is 0. The van der Waals surface area contributed by atoms with E-state index in [2.05, 4.69) is 19.9 Å². The van der Waals surface area contributed by atoms with Crippen LogP contribution >= 0.6 is 0 Å². The van der Waals surface area contributed by atoms with Crippen molar-refractivity contribution >= 4 is 23.1 Å². The first-order chi connectivity index (χ1) is 5.83. The van der Waals surface area contributed by atoms with Gasteiger partial charge in [0.25, 0.3) is 0 Å². The van der Waals surface area contributed by atoms with Gasteiger partial charge in [-0.2, -0.15) is 6.42 Å². The third-order valence-corrected chi connectivity index (χ3v) is 1.90. The summed E-state index contributed by atoms with van der Waals surface area (Å²) < 4.78 is 4.97. The topological polar surface area (TPSA) is 13.1 Å². The summed E-state index contributed by atoms with van der Waals surface area (Å²) in [5, 5.41) is 0. The quantitative estimate of drug-likeness (QED) is 0.425. The van der Waals surface area contributed by atoms with Gasteiger partial charge in [-0.3, -0.25) is 0 Å². The molecule has 0 fully saturated rings. The number of rotatable bonds is 4. The largest absolute Gasteiger partial charge is 2.00 e. The molecule has 0 atom stereocenters. The minimum atomic E-state index is 0. The van der Waals surface area contributed by atoms with Crippen molar-refractivity contribution in [2.75, 3.05) is 0 Å². The molecule has 0 amide bonds. The molecule has 0 aromatic carbocycles. The van der Waals surface area contributed by atoms with Crippen molar-refractivity contribution in [1.29, 1.82) is 0 Å². The van der Waals surface area contributed by atoms with E-state index in [0.29, 0.717) is 0 Å². The summed E-state index contributed by atoms with van der Waals surface area (Å²) in [6, 6.07) is 2.01. The Morgan fingerprint density at radius 1 is 1.57 bits per heavy atom. The van der Waals surface area contributed by atoms with Gasteiger partial charge in [0.2, 0.25) is 0 Å². The molecule has 1 nitrogen and oxygen atoms in total. The van der Waals surface area contributed by atoms with Crippen molar-refractivity contribution in [3.05, 3.63) is 42.7 Å². The molecular formula is C11H15BrMgO. The van der Waals surface area contributed by atoms with Gasteiger partial charge in [0.1, 0.15) is 0 Å². The summed E-state index contributed by atoms with van der Waals surface area (Å²) in [6.07, 6.45) is 8.81. The van der Waals surface area contributed by atoms with Crippen LogP contribution in [0.5, 0.6) is 0 Å². The summed E-state index contributed by atoms with van der Waals surface area (Å²) >= 11 is 0.